The van der Waals surface area contributed by atoms with Crippen LogP contribution in [0.2, 0.25) is 0 Å². The molecule has 1 aliphatic rings. The summed E-state index contributed by atoms with van der Waals surface area (Å²) in [4.78, 5) is 16.5. The Morgan fingerprint density at radius 1 is 1.47 bits per heavy atom. The predicted molar refractivity (Wildman–Crippen MR) is 72.7 cm³/mol. The van der Waals surface area contributed by atoms with E-state index in [1.54, 1.807) is 6.20 Å². The normalized spacial score (nSPS) is 16.6. The molecule has 1 amide bonds. The van der Waals surface area contributed by atoms with Crippen molar-refractivity contribution in [1.29, 1.82) is 5.26 Å². The fraction of sp³-hybridized carbons (Fsp3) is 0.533. The quantitative estimate of drug-likeness (QED) is 0.885. The van der Waals surface area contributed by atoms with E-state index in [0.29, 0.717) is 5.56 Å². The maximum absolute atomic E-state index is 12.1. The van der Waals surface area contributed by atoms with Crippen molar-refractivity contribution < 1.29 is 4.79 Å². The molecule has 1 N–H and O–H groups in total. The lowest BCUT2D eigenvalue weighted by atomic mass is 9.90. The van der Waals surface area contributed by atoms with Gasteiger partial charge in [0.05, 0.1) is 11.6 Å². The molecule has 0 spiro atoms. The summed E-state index contributed by atoms with van der Waals surface area (Å²) in [6.07, 6.45) is 3.09. The molecule has 1 saturated carbocycles. The lowest BCUT2D eigenvalue weighted by Gasteiger charge is -2.19. The highest BCUT2D eigenvalue weighted by Crippen LogP contribution is 2.34. The average Bonchev–Trinajstić information content (AvgIpc) is 3.08. The molecule has 1 heterocycles. The van der Waals surface area contributed by atoms with Crippen LogP contribution in [0, 0.1) is 18.3 Å². The van der Waals surface area contributed by atoms with Crippen LogP contribution in [-0.4, -0.2) is 16.4 Å². The summed E-state index contributed by atoms with van der Waals surface area (Å²) < 4.78 is 0. The fourth-order valence-electron chi connectivity index (χ4n) is 1.88. The van der Waals surface area contributed by atoms with Crippen molar-refractivity contribution in [3.05, 3.63) is 29.1 Å². The van der Waals surface area contributed by atoms with Crippen molar-refractivity contribution in [2.75, 3.05) is 0 Å². The first-order valence-electron chi connectivity index (χ1n) is 6.48. The van der Waals surface area contributed by atoms with Gasteiger partial charge < -0.3 is 5.32 Å². The highest BCUT2D eigenvalue weighted by atomic mass is 16.1. The molecule has 0 aliphatic heterocycles. The van der Waals surface area contributed by atoms with Gasteiger partial charge in [0.15, 0.2) is 0 Å². The Bertz CT molecular complexity index is 560. The van der Waals surface area contributed by atoms with E-state index in [9.17, 15) is 4.79 Å². The van der Waals surface area contributed by atoms with E-state index in [2.05, 4.69) is 37.1 Å². The van der Waals surface area contributed by atoms with E-state index in [4.69, 9.17) is 5.26 Å². The number of nitrogens with one attached hydrogen (secondary N) is 1. The Morgan fingerprint density at radius 2 is 2.11 bits per heavy atom. The summed E-state index contributed by atoms with van der Waals surface area (Å²) in [5.41, 5.74) is 1.74. The molecule has 1 aliphatic carbocycles. The first-order chi connectivity index (χ1) is 8.77. The summed E-state index contributed by atoms with van der Waals surface area (Å²) >= 11 is 0. The Morgan fingerprint density at radius 3 is 2.53 bits per heavy atom. The van der Waals surface area contributed by atoms with Gasteiger partial charge in [0.25, 0.3) is 5.91 Å². The SMILES string of the molecule is Cc1cc(C(C)(C)C)ncc1C(=O)NC1(C#N)CC1. The highest BCUT2D eigenvalue weighted by Gasteiger charge is 2.44. The van der Waals surface area contributed by atoms with E-state index in [1.807, 2.05) is 13.0 Å². The molecule has 0 saturated heterocycles. The van der Waals surface area contributed by atoms with Crippen molar-refractivity contribution in [2.24, 2.45) is 0 Å². The summed E-state index contributed by atoms with van der Waals surface area (Å²) in [7, 11) is 0. The molecule has 4 heteroatoms. The Kier molecular flexibility index (Phi) is 3.09. The molecule has 1 aromatic rings. The third-order valence-corrected chi connectivity index (χ3v) is 3.44. The Labute approximate surface area is 113 Å². The number of carbonyl (C=O) groups is 1. The lowest BCUT2D eigenvalue weighted by molar-refractivity contribution is 0.0940. The third-order valence-electron chi connectivity index (χ3n) is 3.44. The Balaban J connectivity index is 2.22. The second-order valence-corrected chi connectivity index (χ2v) is 6.28. The van der Waals surface area contributed by atoms with E-state index in [0.717, 1.165) is 24.1 Å². The van der Waals surface area contributed by atoms with Gasteiger partial charge in [-0.15, -0.1) is 0 Å². The highest BCUT2D eigenvalue weighted by molar-refractivity contribution is 5.96. The fourth-order valence-corrected chi connectivity index (χ4v) is 1.88. The second-order valence-electron chi connectivity index (χ2n) is 6.28. The van der Waals surface area contributed by atoms with Gasteiger partial charge in [-0.2, -0.15) is 5.26 Å². The summed E-state index contributed by atoms with van der Waals surface area (Å²) in [5, 5.41) is 11.8. The molecule has 100 valence electrons. The number of carbonyl (C=O) groups excluding carboxylic acids is 1. The first-order valence-corrected chi connectivity index (χ1v) is 6.48. The van der Waals surface area contributed by atoms with Crippen molar-refractivity contribution >= 4 is 5.91 Å². The van der Waals surface area contributed by atoms with Crippen molar-refractivity contribution in [3.63, 3.8) is 0 Å². The summed E-state index contributed by atoms with van der Waals surface area (Å²) in [5.74, 6) is -0.204. The molecule has 0 unspecified atom stereocenters. The largest absolute Gasteiger partial charge is 0.334 e. The topological polar surface area (TPSA) is 65.8 Å². The average molecular weight is 257 g/mol. The van der Waals surface area contributed by atoms with Gasteiger partial charge in [0.1, 0.15) is 5.54 Å². The number of hydrogen-bond donors (Lipinski definition) is 1. The molecular weight excluding hydrogens is 238 g/mol. The molecule has 0 bridgehead atoms. The molecular formula is C15H19N3O. The number of aromatic nitrogens is 1. The van der Waals surface area contributed by atoms with Crippen LogP contribution in [-0.2, 0) is 5.41 Å². The standard InChI is InChI=1S/C15H19N3O/c1-10-7-12(14(2,3)4)17-8-11(10)13(19)18-15(9-16)5-6-15/h7-8H,5-6H2,1-4H3,(H,18,19). The van der Waals surface area contributed by atoms with Crippen molar-refractivity contribution in [2.45, 2.75) is 51.5 Å². The molecule has 0 atom stereocenters. The molecule has 0 radical (unpaired) electrons. The number of rotatable bonds is 2. The first kappa shape index (κ1) is 13.5. The monoisotopic (exact) mass is 257 g/mol. The van der Waals surface area contributed by atoms with Crippen LogP contribution in [0.15, 0.2) is 12.3 Å². The van der Waals surface area contributed by atoms with Crippen LogP contribution in [0.25, 0.3) is 0 Å². The predicted octanol–water partition coefficient (Wildman–Crippen LogP) is 2.47. The minimum absolute atomic E-state index is 0.0376. The molecule has 0 aromatic carbocycles. The number of amides is 1. The molecule has 1 fully saturated rings. The number of aryl methyl sites for hydroxylation is 1. The van der Waals surface area contributed by atoms with Gasteiger partial charge in [-0.25, -0.2) is 0 Å². The van der Waals surface area contributed by atoms with Gasteiger partial charge in [-0.1, -0.05) is 20.8 Å². The molecule has 4 nitrogen and oxygen atoms in total. The van der Waals surface area contributed by atoms with Crippen LogP contribution < -0.4 is 5.32 Å². The number of hydrogen-bond acceptors (Lipinski definition) is 3. The smallest absolute Gasteiger partial charge is 0.254 e. The lowest BCUT2D eigenvalue weighted by Crippen LogP contribution is -2.36. The minimum Gasteiger partial charge on any atom is -0.334 e. The number of nitrogens with zero attached hydrogens (tertiary/aromatic N) is 2. The van der Waals surface area contributed by atoms with E-state index >= 15 is 0 Å². The summed E-state index contributed by atoms with van der Waals surface area (Å²) in [6, 6.07) is 4.10. The van der Waals surface area contributed by atoms with Gasteiger partial charge in [-0.3, -0.25) is 9.78 Å². The second kappa shape index (κ2) is 4.34. The zero-order valence-corrected chi connectivity index (χ0v) is 11.9. The third kappa shape index (κ3) is 2.76. The van der Waals surface area contributed by atoms with Crippen LogP contribution in [0.1, 0.15) is 55.2 Å². The van der Waals surface area contributed by atoms with Gasteiger partial charge >= 0.3 is 0 Å². The van der Waals surface area contributed by atoms with E-state index < -0.39 is 5.54 Å². The van der Waals surface area contributed by atoms with Gasteiger partial charge in [0, 0.05) is 17.3 Å². The Hall–Kier alpha value is -1.89. The van der Waals surface area contributed by atoms with Crippen molar-refractivity contribution in [3.8, 4) is 6.07 Å². The summed E-state index contributed by atoms with van der Waals surface area (Å²) in [6.45, 7) is 8.16. The van der Waals surface area contributed by atoms with Gasteiger partial charge in [-0.05, 0) is 31.4 Å². The molecule has 2 rings (SSSR count). The van der Waals surface area contributed by atoms with Crippen LogP contribution >= 0.6 is 0 Å². The van der Waals surface area contributed by atoms with E-state index in [1.165, 1.54) is 0 Å². The zero-order valence-electron chi connectivity index (χ0n) is 11.9. The maximum Gasteiger partial charge on any atom is 0.254 e. The van der Waals surface area contributed by atoms with E-state index in [-0.39, 0.29) is 11.3 Å². The van der Waals surface area contributed by atoms with Crippen LogP contribution in [0.3, 0.4) is 0 Å². The molecule has 1 aromatic heterocycles. The zero-order chi connectivity index (χ0) is 14.3. The van der Waals surface area contributed by atoms with Crippen molar-refractivity contribution in [1.82, 2.24) is 10.3 Å². The number of pyridine rings is 1. The van der Waals surface area contributed by atoms with Crippen LogP contribution in [0.5, 0.6) is 0 Å². The maximum atomic E-state index is 12.1. The van der Waals surface area contributed by atoms with Gasteiger partial charge in [0.2, 0.25) is 0 Å². The number of nitriles is 1. The van der Waals surface area contributed by atoms with Crippen LogP contribution in [0.4, 0.5) is 0 Å². The minimum atomic E-state index is -0.633. The molecule has 19 heavy (non-hydrogen) atoms.